The van der Waals surface area contributed by atoms with Gasteiger partial charge in [0.25, 0.3) is 0 Å². The number of hydrogen-bond donors (Lipinski definition) is 0. The summed E-state index contributed by atoms with van der Waals surface area (Å²) in [4.78, 5) is 0. The van der Waals surface area contributed by atoms with E-state index >= 15 is 0 Å². The molecule has 0 saturated heterocycles. The monoisotopic (exact) mass is 498 g/mol. The molecule has 3 heteroatoms. The second kappa shape index (κ2) is 13.8. The summed E-state index contributed by atoms with van der Waals surface area (Å²) in [6.45, 7) is 4.57. The van der Waals surface area contributed by atoms with Gasteiger partial charge in [0.2, 0.25) is 5.82 Å². The average molecular weight is 499 g/mol. The summed E-state index contributed by atoms with van der Waals surface area (Å²) in [5.41, 5.74) is 1.40. The van der Waals surface area contributed by atoms with Crippen LogP contribution in [0.5, 0.6) is 5.75 Å². The second-order valence-corrected chi connectivity index (χ2v) is 11.8. The Hall–Kier alpha value is -1.64. The van der Waals surface area contributed by atoms with Crippen LogP contribution in [0.4, 0.5) is 8.78 Å². The molecule has 3 aliphatic carbocycles. The minimum Gasteiger partial charge on any atom is -0.490 e. The summed E-state index contributed by atoms with van der Waals surface area (Å²) in [6, 6.07) is 3.30. The first-order valence-corrected chi connectivity index (χ1v) is 15.1. The topological polar surface area (TPSA) is 9.23 Å². The molecule has 1 aromatic carbocycles. The van der Waals surface area contributed by atoms with Crippen LogP contribution in [0.2, 0.25) is 0 Å². The predicted octanol–water partition coefficient (Wildman–Crippen LogP) is 10.3. The van der Waals surface area contributed by atoms with Crippen LogP contribution in [0, 0.1) is 41.2 Å². The highest BCUT2D eigenvalue weighted by Crippen LogP contribution is 2.46. The van der Waals surface area contributed by atoms with Gasteiger partial charge < -0.3 is 4.74 Å². The summed E-state index contributed by atoms with van der Waals surface area (Å²) in [5.74, 6) is 2.83. The minimum atomic E-state index is -0.843. The summed E-state index contributed by atoms with van der Waals surface area (Å²) < 4.78 is 34.6. The van der Waals surface area contributed by atoms with E-state index < -0.39 is 11.6 Å². The number of halogens is 2. The van der Waals surface area contributed by atoms with E-state index in [2.05, 4.69) is 25.2 Å². The Morgan fingerprint density at radius 2 is 1.47 bits per heavy atom. The van der Waals surface area contributed by atoms with E-state index in [1.807, 2.05) is 6.92 Å². The van der Waals surface area contributed by atoms with Crippen molar-refractivity contribution in [2.24, 2.45) is 29.6 Å². The standard InChI is InChI=1S/C33H48F2O/c1-3-5-6-7-8-24-9-11-25(12-10-24)26-13-15-27(16-14-26)28-17-19-29(20-18-28)30-21-22-31(36-23-4-2)33(35)32(30)34/h5-6,19,21-22,24-28H,3-4,7-18,20,23H2,1-2H3/b6-5+. The van der Waals surface area contributed by atoms with Crippen molar-refractivity contribution in [3.8, 4) is 5.75 Å². The van der Waals surface area contributed by atoms with Crippen molar-refractivity contribution in [1.29, 1.82) is 0 Å². The van der Waals surface area contributed by atoms with Gasteiger partial charge in [0.05, 0.1) is 6.61 Å². The van der Waals surface area contributed by atoms with Crippen molar-refractivity contribution < 1.29 is 13.5 Å². The van der Waals surface area contributed by atoms with E-state index in [4.69, 9.17) is 4.74 Å². The van der Waals surface area contributed by atoms with Gasteiger partial charge >= 0.3 is 0 Å². The molecule has 0 radical (unpaired) electrons. The summed E-state index contributed by atoms with van der Waals surface area (Å²) in [7, 11) is 0. The van der Waals surface area contributed by atoms with Crippen molar-refractivity contribution >= 4 is 5.57 Å². The van der Waals surface area contributed by atoms with Gasteiger partial charge in [-0.15, -0.1) is 0 Å². The zero-order valence-corrected chi connectivity index (χ0v) is 22.8. The maximum Gasteiger partial charge on any atom is 0.201 e. The lowest BCUT2D eigenvalue weighted by atomic mass is 9.65. The molecule has 1 aromatic rings. The number of ether oxygens (including phenoxy) is 1. The van der Waals surface area contributed by atoms with Crippen LogP contribution in [-0.4, -0.2) is 6.61 Å². The molecule has 0 aliphatic heterocycles. The Bertz CT molecular complexity index is 872. The first-order chi connectivity index (χ1) is 17.6. The number of rotatable bonds is 10. The Morgan fingerprint density at radius 1 is 0.806 bits per heavy atom. The van der Waals surface area contributed by atoms with Gasteiger partial charge in [0.15, 0.2) is 11.6 Å². The largest absolute Gasteiger partial charge is 0.490 e. The fourth-order valence-electron chi connectivity index (χ4n) is 7.28. The third-order valence-electron chi connectivity index (χ3n) is 9.49. The summed E-state index contributed by atoms with van der Waals surface area (Å²) in [5, 5.41) is 0. The molecule has 1 atom stereocenters. The molecule has 200 valence electrons. The van der Waals surface area contributed by atoms with E-state index in [0.29, 0.717) is 18.1 Å². The highest BCUT2D eigenvalue weighted by Gasteiger charge is 2.34. The molecule has 0 N–H and O–H groups in total. The quantitative estimate of drug-likeness (QED) is 0.292. The van der Waals surface area contributed by atoms with Gasteiger partial charge in [-0.2, -0.15) is 4.39 Å². The molecule has 1 unspecified atom stereocenters. The smallest absolute Gasteiger partial charge is 0.201 e. The maximum atomic E-state index is 14.8. The van der Waals surface area contributed by atoms with Crippen LogP contribution in [0.25, 0.3) is 5.57 Å². The van der Waals surface area contributed by atoms with Gasteiger partial charge in [-0.3, -0.25) is 0 Å². The number of hydrogen-bond acceptors (Lipinski definition) is 1. The van der Waals surface area contributed by atoms with Crippen molar-refractivity contribution in [2.75, 3.05) is 6.61 Å². The first-order valence-electron chi connectivity index (χ1n) is 15.1. The molecule has 2 saturated carbocycles. The zero-order chi connectivity index (χ0) is 25.3. The van der Waals surface area contributed by atoms with Gasteiger partial charge in [0, 0.05) is 5.56 Å². The molecule has 1 nitrogen and oxygen atoms in total. The highest BCUT2D eigenvalue weighted by molar-refractivity contribution is 5.67. The van der Waals surface area contributed by atoms with Crippen LogP contribution >= 0.6 is 0 Å². The fourth-order valence-corrected chi connectivity index (χ4v) is 7.28. The lowest BCUT2D eigenvalue weighted by Crippen LogP contribution is -2.28. The van der Waals surface area contributed by atoms with Crippen LogP contribution in [-0.2, 0) is 0 Å². The van der Waals surface area contributed by atoms with E-state index in [1.54, 1.807) is 12.1 Å². The van der Waals surface area contributed by atoms with E-state index in [1.165, 1.54) is 64.2 Å². The van der Waals surface area contributed by atoms with Gasteiger partial charge in [-0.1, -0.05) is 44.9 Å². The second-order valence-electron chi connectivity index (χ2n) is 11.8. The normalized spacial score (nSPS) is 29.3. The van der Waals surface area contributed by atoms with Gasteiger partial charge in [-0.25, -0.2) is 4.39 Å². The lowest BCUT2D eigenvalue weighted by molar-refractivity contribution is 0.121. The van der Waals surface area contributed by atoms with E-state index in [-0.39, 0.29) is 5.75 Å². The third-order valence-corrected chi connectivity index (χ3v) is 9.49. The van der Waals surface area contributed by atoms with Crippen molar-refractivity contribution in [2.45, 2.75) is 110 Å². The SMILES string of the molecule is CC/C=C/CCC1CCC(C2CCC(C3CC=C(c4ccc(OCCC)c(F)c4F)CC3)CC2)CC1. The molecule has 3 aliphatic rings. The Labute approximate surface area is 218 Å². The molecule has 4 rings (SSSR count). The fraction of sp³-hybridized carbons (Fsp3) is 0.697. The molecule has 0 heterocycles. The third kappa shape index (κ3) is 7.01. The molecular weight excluding hydrogens is 450 g/mol. The Kier molecular flexibility index (Phi) is 10.5. The lowest BCUT2D eigenvalue weighted by Gasteiger charge is -2.40. The summed E-state index contributed by atoms with van der Waals surface area (Å²) >= 11 is 0. The van der Waals surface area contributed by atoms with Crippen molar-refractivity contribution in [3.05, 3.63) is 47.6 Å². The van der Waals surface area contributed by atoms with E-state index in [0.717, 1.165) is 61.3 Å². The predicted molar refractivity (Wildman–Crippen MR) is 147 cm³/mol. The number of allylic oxidation sites excluding steroid dienone is 4. The Morgan fingerprint density at radius 3 is 2.08 bits per heavy atom. The van der Waals surface area contributed by atoms with Crippen LogP contribution < -0.4 is 4.74 Å². The average Bonchev–Trinajstić information content (AvgIpc) is 2.93. The van der Waals surface area contributed by atoms with Gasteiger partial charge in [-0.05, 0) is 131 Å². The van der Waals surface area contributed by atoms with Crippen molar-refractivity contribution in [3.63, 3.8) is 0 Å². The summed E-state index contributed by atoms with van der Waals surface area (Å²) in [6.07, 6.45) is 25.8. The molecule has 0 bridgehead atoms. The molecule has 2 fully saturated rings. The van der Waals surface area contributed by atoms with Crippen LogP contribution in [0.1, 0.15) is 116 Å². The number of benzene rings is 1. The molecule has 0 spiro atoms. The molecular formula is C33H48F2O. The Balaban J connectivity index is 1.22. The molecule has 0 amide bonds. The molecule has 36 heavy (non-hydrogen) atoms. The highest BCUT2D eigenvalue weighted by atomic mass is 19.2. The van der Waals surface area contributed by atoms with Crippen LogP contribution in [0.3, 0.4) is 0 Å². The van der Waals surface area contributed by atoms with E-state index in [9.17, 15) is 8.78 Å². The van der Waals surface area contributed by atoms with Crippen LogP contribution in [0.15, 0.2) is 30.4 Å². The van der Waals surface area contributed by atoms with Gasteiger partial charge in [0.1, 0.15) is 0 Å². The van der Waals surface area contributed by atoms with Crippen molar-refractivity contribution in [1.82, 2.24) is 0 Å². The zero-order valence-electron chi connectivity index (χ0n) is 22.8. The molecule has 0 aromatic heterocycles. The maximum absolute atomic E-state index is 14.8. The minimum absolute atomic E-state index is 0.0294. The first kappa shape index (κ1) is 27.4.